The third kappa shape index (κ3) is 3.49. The Hall–Kier alpha value is -2.80. The van der Waals surface area contributed by atoms with E-state index in [-0.39, 0.29) is 5.91 Å². The van der Waals surface area contributed by atoms with E-state index in [2.05, 4.69) is 44.2 Å². The van der Waals surface area contributed by atoms with E-state index in [1.165, 1.54) is 36.0 Å². The van der Waals surface area contributed by atoms with Crippen molar-refractivity contribution in [2.45, 2.75) is 46.1 Å². The van der Waals surface area contributed by atoms with Gasteiger partial charge in [0.25, 0.3) is 5.91 Å². The molecule has 1 amide bonds. The third-order valence-electron chi connectivity index (χ3n) is 5.61. The van der Waals surface area contributed by atoms with Gasteiger partial charge >= 0.3 is 0 Å². The molecule has 0 aromatic carbocycles. The largest absolute Gasteiger partial charge is 0.358 e. The van der Waals surface area contributed by atoms with Crippen molar-refractivity contribution in [3.8, 4) is 0 Å². The van der Waals surface area contributed by atoms with Gasteiger partial charge in [-0.15, -0.1) is 0 Å². The minimum Gasteiger partial charge on any atom is -0.358 e. The van der Waals surface area contributed by atoms with Crippen molar-refractivity contribution < 1.29 is 4.79 Å². The molecule has 7 nitrogen and oxygen atoms in total. The SMILES string of the molecule is CCN(CC)Cc1c(/C=C2/C(=O)NN=C2c2cncnc2)[nH]c2c1CCCC2. The van der Waals surface area contributed by atoms with Crippen molar-refractivity contribution in [2.24, 2.45) is 5.10 Å². The molecule has 0 fully saturated rings. The summed E-state index contributed by atoms with van der Waals surface area (Å²) in [7, 11) is 0. The Kier molecular flexibility index (Phi) is 5.34. The molecule has 2 aliphatic rings. The van der Waals surface area contributed by atoms with Crippen LogP contribution in [0.5, 0.6) is 0 Å². The van der Waals surface area contributed by atoms with Crippen molar-refractivity contribution in [3.63, 3.8) is 0 Å². The predicted octanol–water partition coefficient (Wildman–Crippen LogP) is 2.44. The molecule has 146 valence electrons. The number of carbonyl (C=O) groups is 1. The average molecular weight is 378 g/mol. The Labute approximate surface area is 165 Å². The monoisotopic (exact) mass is 378 g/mol. The number of rotatable bonds is 6. The second-order valence-corrected chi connectivity index (χ2v) is 7.23. The van der Waals surface area contributed by atoms with E-state index in [1.54, 1.807) is 12.4 Å². The van der Waals surface area contributed by atoms with Crippen LogP contribution in [-0.2, 0) is 24.2 Å². The summed E-state index contributed by atoms with van der Waals surface area (Å²) < 4.78 is 0. The first-order valence-corrected chi connectivity index (χ1v) is 10.0. The summed E-state index contributed by atoms with van der Waals surface area (Å²) in [6.45, 7) is 7.26. The molecule has 0 spiro atoms. The van der Waals surface area contributed by atoms with Crippen molar-refractivity contribution in [1.29, 1.82) is 0 Å². The lowest BCUT2D eigenvalue weighted by atomic mass is 9.93. The summed E-state index contributed by atoms with van der Waals surface area (Å²) in [4.78, 5) is 26.6. The first-order chi connectivity index (χ1) is 13.7. The number of hydrogen-bond donors (Lipinski definition) is 2. The summed E-state index contributed by atoms with van der Waals surface area (Å²) in [6.07, 6.45) is 11.4. The molecular weight excluding hydrogens is 352 g/mol. The Balaban J connectivity index is 1.76. The molecule has 3 heterocycles. The zero-order valence-electron chi connectivity index (χ0n) is 16.5. The fourth-order valence-corrected chi connectivity index (χ4v) is 4.01. The molecule has 0 bridgehead atoms. The van der Waals surface area contributed by atoms with Crippen LogP contribution in [-0.4, -0.2) is 44.6 Å². The number of hydrazone groups is 1. The molecular formula is C21H26N6O. The molecule has 0 unspecified atom stereocenters. The van der Waals surface area contributed by atoms with Gasteiger partial charge in [-0.1, -0.05) is 13.8 Å². The van der Waals surface area contributed by atoms with Gasteiger partial charge in [0.2, 0.25) is 0 Å². The maximum Gasteiger partial charge on any atom is 0.273 e. The number of H-pyrrole nitrogens is 1. The Morgan fingerprint density at radius 2 is 1.89 bits per heavy atom. The number of fused-ring (bicyclic) bond motifs is 1. The van der Waals surface area contributed by atoms with Crippen LogP contribution in [0.25, 0.3) is 6.08 Å². The van der Waals surface area contributed by atoms with Crippen LogP contribution in [0.2, 0.25) is 0 Å². The van der Waals surface area contributed by atoms with E-state index in [4.69, 9.17) is 0 Å². The highest BCUT2D eigenvalue weighted by atomic mass is 16.2. The maximum atomic E-state index is 12.5. The summed E-state index contributed by atoms with van der Waals surface area (Å²) in [5, 5.41) is 4.21. The van der Waals surface area contributed by atoms with Crippen LogP contribution in [0.4, 0.5) is 0 Å². The minimum atomic E-state index is -0.194. The third-order valence-corrected chi connectivity index (χ3v) is 5.61. The summed E-state index contributed by atoms with van der Waals surface area (Å²) >= 11 is 0. The van der Waals surface area contributed by atoms with Gasteiger partial charge in [-0.2, -0.15) is 5.10 Å². The van der Waals surface area contributed by atoms with Crippen molar-refractivity contribution in [3.05, 3.63) is 52.4 Å². The first kappa shape index (κ1) is 18.6. The van der Waals surface area contributed by atoms with Crippen LogP contribution in [0.3, 0.4) is 0 Å². The van der Waals surface area contributed by atoms with Crippen LogP contribution in [0, 0.1) is 0 Å². The van der Waals surface area contributed by atoms with E-state index in [0.717, 1.165) is 43.7 Å². The molecule has 0 atom stereocenters. The zero-order chi connectivity index (χ0) is 19.5. The standard InChI is InChI=1S/C21H26N6O/c1-3-27(4-2)12-17-15-7-5-6-8-18(15)24-19(17)9-16-20(25-26-21(16)28)14-10-22-13-23-11-14/h9-11,13,24H,3-8,12H2,1-2H3,(H,26,28)/b16-9+. The number of hydrogen-bond acceptors (Lipinski definition) is 5. The fourth-order valence-electron chi connectivity index (χ4n) is 4.01. The van der Waals surface area contributed by atoms with Crippen molar-refractivity contribution in [2.75, 3.05) is 13.1 Å². The normalized spacial score (nSPS) is 17.8. The molecule has 2 N–H and O–H groups in total. The van der Waals surface area contributed by atoms with Gasteiger partial charge < -0.3 is 4.98 Å². The van der Waals surface area contributed by atoms with Crippen molar-refractivity contribution >= 4 is 17.7 Å². The second-order valence-electron chi connectivity index (χ2n) is 7.23. The highest BCUT2D eigenvalue weighted by Crippen LogP contribution is 2.30. The lowest BCUT2D eigenvalue weighted by Gasteiger charge is -2.20. The molecule has 2 aromatic heterocycles. The molecule has 7 heteroatoms. The number of nitrogens with one attached hydrogen (secondary N) is 2. The first-order valence-electron chi connectivity index (χ1n) is 10.0. The number of nitrogens with zero attached hydrogens (tertiary/aromatic N) is 4. The van der Waals surface area contributed by atoms with E-state index in [0.29, 0.717) is 11.3 Å². The quantitative estimate of drug-likeness (QED) is 0.756. The zero-order valence-corrected chi connectivity index (χ0v) is 16.5. The van der Waals surface area contributed by atoms with Crippen LogP contribution in [0.15, 0.2) is 29.4 Å². The Bertz CT molecular complexity index is 924. The second kappa shape index (κ2) is 8.06. The van der Waals surface area contributed by atoms with E-state index in [1.807, 2.05) is 6.08 Å². The van der Waals surface area contributed by atoms with Gasteiger partial charge in [0, 0.05) is 35.9 Å². The topological polar surface area (TPSA) is 86.3 Å². The van der Waals surface area contributed by atoms with Crippen LogP contribution < -0.4 is 5.43 Å². The highest BCUT2D eigenvalue weighted by Gasteiger charge is 2.27. The molecule has 1 aliphatic carbocycles. The van der Waals surface area contributed by atoms with Gasteiger partial charge in [-0.25, -0.2) is 15.4 Å². The smallest absolute Gasteiger partial charge is 0.273 e. The lowest BCUT2D eigenvalue weighted by Crippen LogP contribution is -2.23. The summed E-state index contributed by atoms with van der Waals surface area (Å²) in [5.74, 6) is -0.194. The number of carbonyl (C=O) groups excluding carboxylic acids is 1. The average Bonchev–Trinajstić information content (AvgIpc) is 3.27. The molecule has 0 saturated heterocycles. The molecule has 2 aromatic rings. The molecule has 4 rings (SSSR count). The van der Waals surface area contributed by atoms with Gasteiger partial charge in [0.15, 0.2) is 0 Å². The van der Waals surface area contributed by atoms with E-state index in [9.17, 15) is 4.79 Å². The minimum absolute atomic E-state index is 0.194. The predicted molar refractivity (Wildman–Crippen MR) is 109 cm³/mol. The van der Waals surface area contributed by atoms with Gasteiger partial charge in [-0.3, -0.25) is 9.69 Å². The Morgan fingerprint density at radius 3 is 2.64 bits per heavy atom. The van der Waals surface area contributed by atoms with E-state index >= 15 is 0 Å². The van der Waals surface area contributed by atoms with E-state index < -0.39 is 0 Å². The summed E-state index contributed by atoms with van der Waals surface area (Å²) in [6, 6.07) is 0. The number of aromatic nitrogens is 3. The molecule has 0 radical (unpaired) electrons. The lowest BCUT2D eigenvalue weighted by molar-refractivity contribution is -0.116. The highest BCUT2D eigenvalue weighted by molar-refractivity contribution is 6.33. The molecule has 1 aliphatic heterocycles. The molecule has 28 heavy (non-hydrogen) atoms. The number of aryl methyl sites for hydroxylation is 1. The van der Waals surface area contributed by atoms with Gasteiger partial charge in [0.1, 0.15) is 12.0 Å². The number of aromatic amines is 1. The molecule has 0 saturated carbocycles. The van der Waals surface area contributed by atoms with Gasteiger partial charge in [-0.05, 0) is 56.0 Å². The number of amides is 1. The van der Waals surface area contributed by atoms with Gasteiger partial charge in [0.05, 0.1) is 5.57 Å². The van der Waals surface area contributed by atoms with Crippen molar-refractivity contribution in [1.82, 2.24) is 25.3 Å². The maximum absolute atomic E-state index is 12.5. The fraction of sp³-hybridized carbons (Fsp3) is 0.429. The van der Waals surface area contributed by atoms with Crippen LogP contribution in [0.1, 0.15) is 54.8 Å². The Morgan fingerprint density at radius 1 is 1.14 bits per heavy atom. The summed E-state index contributed by atoms with van der Waals surface area (Å²) in [5.41, 5.74) is 9.55. The van der Waals surface area contributed by atoms with Crippen LogP contribution >= 0.6 is 0 Å².